The number of aromatic nitrogens is 2. The van der Waals surface area contributed by atoms with Crippen molar-refractivity contribution >= 4 is 28.5 Å². The van der Waals surface area contributed by atoms with Crippen LogP contribution in [0.2, 0.25) is 5.02 Å². The van der Waals surface area contributed by atoms with Crippen molar-refractivity contribution < 1.29 is 14.3 Å². The van der Waals surface area contributed by atoms with Crippen molar-refractivity contribution in [3.05, 3.63) is 28.9 Å². The van der Waals surface area contributed by atoms with Gasteiger partial charge in [-0.2, -0.15) is 5.10 Å². The largest absolute Gasteiger partial charge is 0.465 e. The van der Waals surface area contributed by atoms with Gasteiger partial charge in [0.1, 0.15) is 0 Å². The van der Waals surface area contributed by atoms with Crippen molar-refractivity contribution in [2.45, 2.75) is 25.5 Å². The van der Waals surface area contributed by atoms with Crippen LogP contribution in [0.25, 0.3) is 10.9 Å². The van der Waals surface area contributed by atoms with Gasteiger partial charge in [0, 0.05) is 17.0 Å². The fourth-order valence-corrected chi connectivity index (χ4v) is 2.75. The average Bonchev–Trinajstić information content (AvgIpc) is 2.90. The first-order valence-electron chi connectivity index (χ1n) is 6.57. The van der Waals surface area contributed by atoms with E-state index in [0.717, 1.165) is 36.8 Å². The molecule has 106 valence electrons. The summed E-state index contributed by atoms with van der Waals surface area (Å²) in [6.07, 6.45) is 4.66. The lowest BCUT2D eigenvalue weighted by Crippen LogP contribution is -2.19. The monoisotopic (exact) mass is 294 g/mol. The van der Waals surface area contributed by atoms with E-state index in [1.54, 1.807) is 23.0 Å². The molecule has 0 radical (unpaired) electrons. The van der Waals surface area contributed by atoms with Crippen molar-refractivity contribution in [1.29, 1.82) is 0 Å². The summed E-state index contributed by atoms with van der Waals surface area (Å²) in [6.45, 7) is 0.733. The molecule has 0 amide bonds. The van der Waals surface area contributed by atoms with Crippen LogP contribution in [0.15, 0.2) is 18.3 Å². The number of rotatable bonds is 2. The molecule has 0 saturated carbocycles. The van der Waals surface area contributed by atoms with Crippen molar-refractivity contribution in [1.82, 2.24) is 9.78 Å². The summed E-state index contributed by atoms with van der Waals surface area (Å²) in [4.78, 5) is 11.8. The van der Waals surface area contributed by atoms with Crippen molar-refractivity contribution in [3.8, 4) is 0 Å². The zero-order chi connectivity index (χ0) is 14.1. The molecular formula is C14H15ClN2O3. The van der Waals surface area contributed by atoms with E-state index < -0.39 is 5.97 Å². The van der Waals surface area contributed by atoms with Gasteiger partial charge in [-0.3, -0.25) is 0 Å². The highest BCUT2D eigenvalue weighted by atomic mass is 35.5. The molecule has 1 aromatic heterocycles. The molecule has 20 heavy (non-hydrogen) atoms. The van der Waals surface area contributed by atoms with Gasteiger partial charge >= 0.3 is 5.97 Å². The number of nitrogens with zero attached hydrogens (tertiary/aromatic N) is 2. The molecule has 1 aliphatic rings. The van der Waals surface area contributed by atoms with Gasteiger partial charge in [-0.1, -0.05) is 11.6 Å². The maximum atomic E-state index is 11.8. The average molecular weight is 295 g/mol. The van der Waals surface area contributed by atoms with E-state index in [1.165, 1.54) is 7.11 Å². The smallest absolute Gasteiger partial charge is 0.338 e. The number of methoxy groups -OCH3 is 1. The number of ether oxygens (including phenoxy) is 2. The second kappa shape index (κ2) is 5.42. The van der Waals surface area contributed by atoms with Gasteiger partial charge in [0.2, 0.25) is 0 Å². The van der Waals surface area contributed by atoms with Crippen LogP contribution in [-0.2, 0) is 9.47 Å². The molecule has 1 fully saturated rings. The minimum atomic E-state index is -0.415. The Morgan fingerprint density at radius 3 is 3.05 bits per heavy atom. The Morgan fingerprint density at radius 1 is 1.50 bits per heavy atom. The Hall–Kier alpha value is -1.59. The van der Waals surface area contributed by atoms with Crippen LogP contribution in [-0.4, -0.2) is 29.5 Å². The SMILES string of the molecule is COC(=O)c1cc(Cl)cc2c1cnn2C1CCCCO1. The fraction of sp³-hybridized carbons (Fsp3) is 0.429. The first-order valence-corrected chi connectivity index (χ1v) is 6.95. The van der Waals surface area contributed by atoms with E-state index in [4.69, 9.17) is 21.1 Å². The topological polar surface area (TPSA) is 53.3 Å². The number of esters is 1. The zero-order valence-corrected chi connectivity index (χ0v) is 11.9. The summed E-state index contributed by atoms with van der Waals surface area (Å²) in [5, 5.41) is 5.58. The quantitative estimate of drug-likeness (QED) is 0.798. The van der Waals surface area contributed by atoms with Gasteiger partial charge in [0.25, 0.3) is 0 Å². The molecule has 3 rings (SSSR count). The molecule has 1 aliphatic heterocycles. The van der Waals surface area contributed by atoms with E-state index in [0.29, 0.717) is 10.6 Å². The van der Waals surface area contributed by atoms with E-state index in [2.05, 4.69) is 5.10 Å². The molecule has 0 N–H and O–H groups in total. The molecule has 1 unspecified atom stereocenters. The van der Waals surface area contributed by atoms with Crippen molar-refractivity contribution in [3.63, 3.8) is 0 Å². The number of fused-ring (bicyclic) bond motifs is 1. The predicted octanol–water partition coefficient (Wildman–Crippen LogP) is 3.18. The normalized spacial score (nSPS) is 19.2. The number of hydrogen-bond donors (Lipinski definition) is 0. The molecule has 1 aromatic carbocycles. The highest BCUT2D eigenvalue weighted by Gasteiger charge is 2.21. The van der Waals surface area contributed by atoms with Crippen LogP contribution in [0, 0.1) is 0 Å². The minimum absolute atomic E-state index is 0.0924. The molecule has 0 spiro atoms. The zero-order valence-electron chi connectivity index (χ0n) is 11.1. The van der Waals surface area contributed by atoms with Gasteiger partial charge in [-0.05, 0) is 31.4 Å². The Labute approximate surface area is 121 Å². The van der Waals surface area contributed by atoms with Crippen LogP contribution in [0.3, 0.4) is 0 Å². The molecule has 1 saturated heterocycles. The Kier molecular flexibility index (Phi) is 3.63. The highest BCUT2D eigenvalue weighted by molar-refractivity contribution is 6.32. The predicted molar refractivity (Wildman–Crippen MR) is 74.9 cm³/mol. The lowest BCUT2D eigenvalue weighted by atomic mass is 10.1. The third-order valence-corrected chi connectivity index (χ3v) is 3.73. The van der Waals surface area contributed by atoms with Gasteiger partial charge in [0.15, 0.2) is 6.23 Å². The van der Waals surface area contributed by atoms with E-state index in [-0.39, 0.29) is 6.23 Å². The van der Waals surface area contributed by atoms with Crippen LogP contribution >= 0.6 is 11.6 Å². The fourth-order valence-electron chi connectivity index (χ4n) is 2.54. The summed E-state index contributed by atoms with van der Waals surface area (Å²) in [7, 11) is 1.35. The molecule has 0 bridgehead atoms. The third kappa shape index (κ3) is 2.27. The molecular weight excluding hydrogens is 280 g/mol. The Balaban J connectivity index is 2.11. The van der Waals surface area contributed by atoms with E-state index in [9.17, 15) is 4.79 Å². The van der Waals surface area contributed by atoms with Crippen LogP contribution in [0.5, 0.6) is 0 Å². The third-order valence-electron chi connectivity index (χ3n) is 3.51. The second-order valence-electron chi connectivity index (χ2n) is 4.79. The molecule has 5 nitrogen and oxygen atoms in total. The van der Waals surface area contributed by atoms with Crippen LogP contribution in [0.1, 0.15) is 35.8 Å². The summed E-state index contributed by atoms with van der Waals surface area (Å²) in [5.41, 5.74) is 1.22. The second-order valence-corrected chi connectivity index (χ2v) is 5.22. The number of hydrogen-bond acceptors (Lipinski definition) is 4. The number of halogens is 1. The van der Waals surface area contributed by atoms with Crippen molar-refractivity contribution in [2.75, 3.05) is 13.7 Å². The lowest BCUT2D eigenvalue weighted by molar-refractivity contribution is -0.0366. The highest BCUT2D eigenvalue weighted by Crippen LogP contribution is 2.30. The Morgan fingerprint density at radius 2 is 2.35 bits per heavy atom. The van der Waals surface area contributed by atoms with Gasteiger partial charge in [0.05, 0.1) is 24.4 Å². The number of carbonyl (C=O) groups is 1. The molecule has 2 aromatic rings. The van der Waals surface area contributed by atoms with Crippen LogP contribution < -0.4 is 0 Å². The standard InChI is InChI=1S/C14H15ClN2O3/c1-19-14(18)10-6-9(15)7-12-11(10)8-16-17(12)13-4-2-3-5-20-13/h6-8,13H,2-5H2,1H3. The maximum Gasteiger partial charge on any atom is 0.338 e. The van der Waals surface area contributed by atoms with Crippen molar-refractivity contribution in [2.24, 2.45) is 0 Å². The molecule has 1 atom stereocenters. The van der Waals surface area contributed by atoms with E-state index in [1.807, 2.05) is 0 Å². The first-order chi connectivity index (χ1) is 9.70. The van der Waals surface area contributed by atoms with Gasteiger partial charge < -0.3 is 9.47 Å². The minimum Gasteiger partial charge on any atom is -0.465 e. The number of carbonyl (C=O) groups excluding carboxylic acids is 1. The summed E-state index contributed by atoms with van der Waals surface area (Å²) < 4.78 is 12.3. The van der Waals surface area contributed by atoms with Crippen LogP contribution in [0.4, 0.5) is 0 Å². The Bertz CT molecular complexity index is 647. The maximum absolute atomic E-state index is 11.8. The summed E-state index contributed by atoms with van der Waals surface area (Å²) in [6, 6.07) is 3.40. The molecule has 6 heteroatoms. The van der Waals surface area contributed by atoms with Gasteiger partial charge in [-0.15, -0.1) is 0 Å². The lowest BCUT2D eigenvalue weighted by Gasteiger charge is -2.23. The van der Waals surface area contributed by atoms with E-state index >= 15 is 0 Å². The number of benzene rings is 1. The summed E-state index contributed by atoms with van der Waals surface area (Å²) in [5.74, 6) is -0.415. The first kappa shape index (κ1) is 13.4. The summed E-state index contributed by atoms with van der Waals surface area (Å²) >= 11 is 6.10. The molecule has 2 heterocycles. The molecule has 0 aliphatic carbocycles. The van der Waals surface area contributed by atoms with Gasteiger partial charge in [-0.25, -0.2) is 9.48 Å².